The van der Waals surface area contributed by atoms with Gasteiger partial charge in [-0.25, -0.2) is 19.6 Å². The van der Waals surface area contributed by atoms with E-state index in [4.69, 9.17) is 9.52 Å². The quantitative estimate of drug-likeness (QED) is 0.703. The summed E-state index contributed by atoms with van der Waals surface area (Å²) in [5, 5.41) is 12.2. The molecule has 0 aliphatic carbocycles. The maximum atomic E-state index is 12.2. The van der Waals surface area contributed by atoms with E-state index in [-0.39, 0.29) is 5.69 Å². The summed E-state index contributed by atoms with van der Waals surface area (Å²) in [5.41, 5.74) is -0.420. The van der Waals surface area contributed by atoms with Gasteiger partial charge in [0.15, 0.2) is 11.4 Å². The third-order valence-corrected chi connectivity index (χ3v) is 2.99. The molecule has 0 unspecified atom stereocenters. The van der Waals surface area contributed by atoms with Crippen LogP contribution in [-0.2, 0) is 0 Å². The lowest BCUT2D eigenvalue weighted by Crippen LogP contribution is -2.19. The number of hydrogen-bond donors (Lipinski definition) is 2. The van der Waals surface area contributed by atoms with Gasteiger partial charge in [-0.05, 0) is 24.3 Å². The first kappa shape index (κ1) is 14.4. The van der Waals surface area contributed by atoms with E-state index in [0.717, 1.165) is 0 Å². The minimum absolute atomic E-state index is 0.292. The molecule has 8 heteroatoms. The highest BCUT2D eigenvalue weighted by Gasteiger charge is 2.19. The third kappa shape index (κ3) is 2.91. The first-order chi connectivity index (χ1) is 11.0. The first-order valence-corrected chi connectivity index (χ1v) is 6.44. The second-order valence-electron chi connectivity index (χ2n) is 4.52. The second kappa shape index (κ2) is 5.68. The number of aromatic carboxylic acids is 1. The normalized spacial score (nSPS) is 10.4. The molecule has 1 amide bonds. The maximum absolute atomic E-state index is 12.2. The summed E-state index contributed by atoms with van der Waals surface area (Å²) in [6.45, 7) is 0. The minimum Gasteiger partial charge on any atom is -0.476 e. The molecule has 2 heterocycles. The Kier molecular flexibility index (Phi) is 3.55. The molecule has 0 saturated carbocycles. The Labute approximate surface area is 128 Å². The monoisotopic (exact) mass is 311 g/mol. The summed E-state index contributed by atoms with van der Waals surface area (Å²) in [6, 6.07) is 7.47. The number of nitrogens with zero attached hydrogens (tertiary/aromatic N) is 2. The molecule has 8 nitrogen and oxygen atoms in total. The van der Waals surface area contributed by atoms with Crippen molar-refractivity contribution in [3.05, 3.63) is 64.5 Å². The van der Waals surface area contributed by atoms with Crippen molar-refractivity contribution in [2.24, 2.45) is 0 Å². The van der Waals surface area contributed by atoms with Crippen molar-refractivity contribution >= 4 is 28.5 Å². The van der Waals surface area contributed by atoms with Gasteiger partial charge in [0.2, 0.25) is 0 Å². The SMILES string of the molecule is O=C(O)c1nccnc1C(=O)Nc1ccc2oc(=O)ccc2c1. The lowest BCUT2D eigenvalue weighted by atomic mass is 10.2. The van der Waals surface area contributed by atoms with Gasteiger partial charge in [-0.15, -0.1) is 0 Å². The van der Waals surface area contributed by atoms with E-state index in [1.807, 2.05) is 0 Å². The topological polar surface area (TPSA) is 122 Å². The van der Waals surface area contributed by atoms with Crippen molar-refractivity contribution in [3.8, 4) is 0 Å². The van der Waals surface area contributed by atoms with Crippen molar-refractivity contribution in [1.29, 1.82) is 0 Å². The van der Waals surface area contributed by atoms with E-state index in [1.54, 1.807) is 12.1 Å². The smallest absolute Gasteiger partial charge is 0.356 e. The number of carbonyl (C=O) groups is 2. The van der Waals surface area contributed by atoms with Crippen molar-refractivity contribution in [3.63, 3.8) is 0 Å². The standard InChI is InChI=1S/C15H9N3O5/c19-11-4-1-8-7-9(2-3-10(8)23-11)18-14(20)12-13(15(21)22)17-6-5-16-12/h1-7H,(H,18,20)(H,21,22). The molecule has 0 bridgehead atoms. The molecular weight excluding hydrogens is 302 g/mol. The third-order valence-electron chi connectivity index (χ3n) is 2.99. The fraction of sp³-hybridized carbons (Fsp3) is 0. The van der Waals surface area contributed by atoms with Gasteiger partial charge < -0.3 is 14.8 Å². The number of benzene rings is 1. The van der Waals surface area contributed by atoms with Crippen LogP contribution in [0.15, 0.2) is 51.9 Å². The zero-order valence-electron chi connectivity index (χ0n) is 11.5. The summed E-state index contributed by atoms with van der Waals surface area (Å²) >= 11 is 0. The predicted octanol–water partition coefficient (Wildman–Crippen LogP) is 1.53. The molecule has 0 atom stereocenters. The highest BCUT2D eigenvalue weighted by Crippen LogP contribution is 2.18. The summed E-state index contributed by atoms with van der Waals surface area (Å²) in [5.74, 6) is -2.05. The van der Waals surface area contributed by atoms with Crippen molar-refractivity contribution in [1.82, 2.24) is 9.97 Å². The van der Waals surface area contributed by atoms with E-state index >= 15 is 0 Å². The Hall–Kier alpha value is -3.55. The molecule has 0 fully saturated rings. The van der Waals surface area contributed by atoms with E-state index in [0.29, 0.717) is 16.7 Å². The van der Waals surface area contributed by atoms with Gasteiger partial charge in [-0.2, -0.15) is 0 Å². The number of carboxylic acids is 1. The Morgan fingerprint density at radius 3 is 2.52 bits per heavy atom. The summed E-state index contributed by atoms with van der Waals surface area (Å²) in [7, 11) is 0. The Balaban J connectivity index is 1.93. The fourth-order valence-electron chi connectivity index (χ4n) is 2.00. The van der Waals surface area contributed by atoms with Gasteiger partial charge in [-0.1, -0.05) is 0 Å². The zero-order valence-corrected chi connectivity index (χ0v) is 11.5. The number of anilines is 1. The molecule has 3 aromatic rings. The molecule has 0 radical (unpaired) electrons. The van der Waals surface area contributed by atoms with Crippen LogP contribution < -0.4 is 10.9 Å². The fourth-order valence-corrected chi connectivity index (χ4v) is 2.00. The number of rotatable bonds is 3. The van der Waals surface area contributed by atoms with Gasteiger partial charge in [0.05, 0.1) is 0 Å². The summed E-state index contributed by atoms with van der Waals surface area (Å²) in [4.78, 5) is 41.7. The van der Waals surface area contributed by atoms with Crippen LogP contribution in [0.3, 0.4) is 0 Å². The molecule has 3 rings (SSSR count). The summed E-state index contributed by atoms with van der Waals surface area (Å²) < 4.78 is 4.99. The van der Waals surface area contributed by atoms with Gasteiger partial charge in [-0.3, -0.25) is 4.79 Å². The van der Waals surface area contributed by atoms with Crippen LogP contribution in [0.4, 0.5) is 5.69 Å². The van der Waals surface area contributed by atoms with E-state index < -0.39 is 23.2 Å². The van der Waals surface area contributed by atoms with Gasteiger partial charge in [0.25, 0.3) is 5.91 Å². The predicted molar refractivity (Wildman–Crippen MR) is 79.4 cm³/mol. The number of carboxylic acid groups (broad SMARTS) is 1. The lowest BCUT2D eigenvalue weighted by Gasteiger charge is -2.07. The van der Waals surface area contributed by atoms with Crippen LogP contribution in [0.5, 0.6) is 0 Å². The van der Waals surface area contributed by atoms with Crippen LogP contribution in [0.1, 0.15) is 21.0 Å². The van der Waals surface area contributed by atoms with Gasteiger partial charge >= 0.3 is 11.6 Å². The molecule has 23 heavy (non-hydrogen) atoms. The highest BCUT2D eigenvalue weighted by atomic mass is 16.4. The minimum atomic E-state index is -1.34. The maximum Gasteiger partial charge on any atom is 0.356 e. The van der Waals surface area contributed by atoms with E-state index in [9.17, 15) is 14.4 Å². The number of aromatic nitrogens is 2. The molecule has 1 aromatic carbocycles. The van der Waals surface area contributed by atoms with Crippen molar-refractivity contribution < 1.29 is 19.1 Å². The molecule has 2 aromatic heterocycles. The van der Waals surface area contributed by atoms with E-state index in [1.165, 1.54) is 30.6 Å². The average Bonchev–Trinajstić information content (AvgIpc) is 2.55. The number of nitrogens with one attached hydrogen (secondary N) is 1. The van der Waals surface area contributed by atoms with Crippen LogP contribution in [-0.4, -0.2) is 27.0 Å². The Morgan fingerprint density at radius 2 is 1.78 bits per heavy atom. The number of hydrogen-bond acceptors (Lipinski definition) is 6. The molecule has 0 saturated heterocycles. The van der Waals surface area contributed by atoms with Crippen LogP contribution in [0.25, 0.3) is 11.0 Å². The largest absolute Gasteiger partial charge is 0.476 e. The van der Waals surface area contributed by atoms with Crippen LogP contribution in [0, 0.1) is 0 Å². The molecule has 2 N–H and O–H groups in total. The summed E-state index contributed by atoms with van der Waals surface area (Å²) in [6.07, 6.45) is 2.43. The molecule has 0 aliphatic heterocycles. The average molecular weight is 311 g/mol. The van der Waals surface area contributed by atoms with Crippen molar-refractivity contribution in [2.45, 2.75) is 0 Å². The number of fused-ring (bicyclic) bond motifs is 1. The molecular formula is C15H9N3O5. The Bertz CT molecular complexity index is 980. The number of amides is 1. The second-order valence-corrected chi connectivity index (χ2v) is 4.52. The Morgan fingerprint density at radius 1 is 1.04 bits per heavy atom. The molecule has 0 spiro atoms. The van der Waals surface area contributed by atoms with E-state index in [2.05, 4.69) is 15.3 Å². The van der Waals surface area contributed by atoms with Crippen LogP contribution in [0.2, 0.25) is 0 Å². The van der Waals surface area contributed by atoms with Gasteiger partial charge in [0.1, 0.15) is 5.58 Å². The van der Waals surface area contributed by atoms with Crippen LogP contribution >= 0.6 is 0 Å². The lowest BCUT2D eigenvalue weighted by molar-refractivity contribution is 0.0685. The van der Waals surface area contributed by atoms with Gasteiger partial charge in [0, 0.05) is 29.5 Å². The highest BCUT2D eigenvalue weighted by molar-refractivity contribution is 6.08. The zero-order chi connectivity index (χ0) is 16.4. The molecule has 114 valence electrons. The molecule has 0 aliphatic rings. The first-order valence-electron chi connectivity index (χ1n) is 6.44. The van der Waals surface area contributed by atoms with Crippen molar-refractivity contribution in [2.75, 3.05) is 5.32 Å². The number of carbonyl (C=O) groups excluding carboxylic acids is 1.